The van der Waals surface area contributed by atoms with Crippen LogP contribution in [-0.4, -0.2) is 40.9 Å². The molecule has 0 saturated carbocycles. The molecule has 0 saturated heterocycles. The molecule has 0 aromatic carbocycles. The van der Waals surface area contributed by atoms with E-state index in [1.54, 1.807) is 36.5 Å². The zero-order chi connectivity index (χ0) is 15.2. The van der Waals surface area contributed by atoms with Gasteiger partial charge in [-0.15, -0.1) is 0 Å². The number of nitrogens with one attached hydrogen (secondary N) is 1. The maximum absolute atomic E-state index is 12.5. The summed E-state index contributed by atoms with van der Waals surface area (Å²) in [5, 5.41) is 2.94. The molecule has 2 rings (SSSR count). The Hall–Kier alpha value is -2.43. The molecule has 2 aromatic heterocycles. The molecule has 0 aliphatic heterocycles. The van der Waals surface area contributed by atoms with E-state index in [2.05, 4.69) is 15.3 Å². The minimum Gasteiger partial charge on any atom is -0.373 e. The van der Waals surface area contributed by atoms with Crippen molar-refractivity contribution < 1.29 is 4.79 Å². The van der Waals surface area contributed by atoms with Gasteiger partial charge in [-0.1, -0.05) is 6.07 Å². The quantitative estimate of drug-likeness (QED) is 0.914. The van der Waals surface area contributed by atoms with Crippen molar-refractivity contribution in [2.75, 3.05) is 19.4 Å². The average Bonchev–Trinajstić information content (AvgIpc) is 2.54. The van der Waals surface area contributed by atoms with E-state index in [0.29, 0.717) is 11.4 Å². The Labute approximate surface area is 125 Å². The van der Waals surface area contributed by atoms with Crippen LogP contribution in [-0.2, 0) is 6.42 Å². The van der Waals surface area contributed by atoms with E-state index in [-0.39, 0.29) is 11.9 Å². The first-order valence-electron chi connectivity index (χ1n) is 6.92. The van der Waals surface area contributed by atoms with Crippen molar-refractivity contribution in [2.45, 2.75) is 19.4 Å². The van der Waals surface area contributed by atoms with Gasteiger partial charge in [0, 0.05) is 50.2 Å². The second-order valence-electron chi connectivity index (χ2n) is 4.97. The lowest BCUT2D eigenvalue weighted by atomic mass is 10.1. The van der Waals surface area contributed by atoms with E-state index in [9.17, 15) is 4.79 Å². The van der Waals surface area contributed by atoms with Gasteiger partial charge in [0.25, 0.3) is 5.91 Å². The second-order valence-corrected chi connectivity index (χ2v) is 4.97. The van der Waals surface area contributed by atoms with Gasteiger partial charge < -0.3 is 10.2 Å². The van der Waals surface area contributed by atoms with Crippen LogP contribution in [0.4, 0.5) is 5.82 Å². The monoisotopic (exact) mass is 284 g/mol. The van der Waals surface area contributed by atoms with Crippen molar-refractivity contribution in [2.24, 2.45) is 0 Å². The summed E-state index contributed by atoms with van der Waals surface area (Å²) in [5.41, 5.74) is 1.61. The van der Waals surface area contributed by atoms with Gasteiger partial charge in [-0.25, -0.2) is 4.98 Å². The molecule has 1 amide bonds. The molecule has 0 bridgehead atoms. The Kier molecular flexibility index (Phi) is 4.87. The molecule has 5 nitrogen and oxygen atoms in total. The van der Waals surface area contributed by atoms with Crippen LogP contribution in [0.1, 0.15) is 23.0 Å². The minimum absolute atomic E-state index is 0.0164. The number of aromatic nitrogens is 2. The first-order valence-corrected chi connectivity index (χ1v) is 6.92. The fourth-order valence-electron chi connectivity index (χ4n) is 2.06. The summed E-state index contributed by atoms with van der Waals surface area (Å²) in [4.78, 5) is 22.7. The third-order valence-electron chi connectivity index (χ3n) is 3.48. The third kappa shape index (κ3) is 3.78. The summed E-state index contributed by atoms with van der Waals surface area (Å²) in [7, 11) is 3.60. The number of hydrogen-bond acceptors (Lipinski definition) is 4. The van der Waals surface area contributed by atoms with E-state index in [1.807, 2.05) is 32.2 Å². The molecule has 110 valence electrons. The van der Waals surface area contributed by atoms with E-state index < -0.39 is 0 Å². The van der Waals surface area contributed by atoms with Gasteiger partial charge in [-0.2, -0.15) is 0 Å². The van der Waals surface area contributed by atoms with Crippen LogP contribution in [0, 0.1) is 0 Å². The highest BCUT2D eigenvalue weighted by molar-refractivity contribution is 5.94. The van der Waals surface area contributed by atoms with Crippen LogP contribution in [0.5, 0.6) is 0 Å². The van der Waals surface area contributed by atoms with E-state index >= 15 is 0 Å². The second kappa shape index (κ2) is 6.83. The number of nitrogens with zero attached hydrogens (tertiary/aromatic N) is 3. The fraction of sp³-hybridized carbons (Fsp3) is 0.312. The number of hydrogen-bond donors (Lipinski definition) is 1. The molecule has 2 aromatic rings. The van der Waals surface area contributed by atoms with Crippen LogP contribution in [0.25, 0.3) is 0 Å². The number of anilines is 1. The molecule has 5 heteroatoms. The van der Waals surface area contributed by atoms with Crippen LogP contribution in [0.15, 0.2) is 42.7 Å². The first-order chi connectivity index (χ1) is 10.1. The summed E-state index contributed by atoms with van der Waals surface area (Å²) >= 11 is 0. The van der Waals surface area contributed by atoms with Crippen LogP contribution >= 0.6 is 0 Å². The summed E-state index contributed by atoms with van der Waals surface area (Å²) in [6.07, 6.45) is 4.13. The van der Waals surface area contributed by atoms with Crippen molar-refractivity contribution in [1.29, 1.82) is 0 Å². The first kappa shape index (κ1) is 15.0. The Balaban J connectivity index is 2.07. The minimum atomic E-state index is -0.0164. The van der Waals surface area contributed by atoms with Gasteiger partial charge in [0.15, 0.2) is 0 Å². The number of carbonyl (C=O) groups is 1. The lowest BCUT2D eigenvalue weighted by Crippen LogP contribution is -2.36. The van der Waals surface area contributed by atoms with Gasteiger partial charge in [-0.3, -0.25) is 9.78 Å². The zero-order valence-electron chi connectivity index (χ0n) is 12.6. The zero-order valence-corrected chi connectivity index (χ0v) is 12.6. The predicted octanol–water partition coefficient (Wildman–Crippen LogP) is 2.22. The Morgan fingerprint density at radius 1 is 1.29 bits per heavy atom. The van der Waals surface area contributed by atoms with Crippen molar-refractivity contribution >= 4 is 11.7 Å². The van der Waals surface area contributed by atoms with Gasteiger partial charge >= 0.3 is 0 Å². The van der Waals surface area contributed by atoms with Crippen molar-refractivity contribution in [1.82, 2.24) is 14.9 Å². The highest BCUT2D eigenvalue weighted by atomic mass is 16.2. The highest BCUT2D eigenvalue weighted by Gasteiger charge is 2.18. The molecule has 0 fully saturated rings. The van der Waals surface area contributed by atoms with Crippen molar-refractivity contribution in [3.05, 3.63) is 54.0 Å². The summed E-state index contributed by atoms with van der Waals surface area (Å²) in [6, 6.07) is 9.37. The topological polar surface area (TPSA) is 58.1 Å². The Bertz CT molecular complexity index is 600. The largest absolute Gasteiger partial charge is 0.373 e. The highest BCUT2D eigenvalue weighted by Crippen LogP contribution is 2.12. The molecule has 1 N–H and O–H groups in total. The average molecular weight is 284 g/mol. The molecular weight excluding hydrogens is 264 g/mol. The standard InChI is InChI=1S/C16H20N4O/c1-12(10-14-6-4-5-8-18-14)20(3)16(21)13-7-9-19-15(11-13)17-2/h4-9,11-12H,10H2,1-3H3,(H,17,19). The van der Waals surface area contributed by atoms with Gasteiger partial charge in [-0.05, 0) is 31.2 Å². The molecular formula is C16H20N4O. The maximum atomic E-state index is 12.5. The summed E-state index contributed by atoms with van der Waals surface area (Å²) in [6.45, 7) is 2.02. The molecule has 0 aliphatic rings. The van der Waals surface area contributed by atoms with Crippen LogP contribution < -0.4 is 5.32 Å². The van der Waals surface area contributed by atoms with Gasteiger partial charge in [0.05, 0.1) is 0 Å². The van der Waals surface area contributed by atoms with E-state index in [4.69, 9.17) is 0 Å². The van der Waals surface area contributed by atoms with Crippen LogP contribution in [0.2, 0.25) is 0 Å². The number of rotatable bonds is 5. The Morgan fingerprint density at radius 2 is 2.10 bits per heavy atom. The molecule has 0 radical (unpaired) electrons. The van der Waals surface area contributed by atoms with Gasteiger partial charge in [0.1, 0.15) is 5.82 Å². The van der Waals surface area contributed by atoms with Gasteiger partial charge in [0.2, 0.25) is 0 Å². The predicted molar refractivity (Wildman–Crippen MR) is 83.3 cm³/mol. The molecule has 2 heterocycles. The van der Waals surface area contributed by atoms with Crippen molar-refractivity contribution in [3.8, 4) is 0 Å². The SMILES string of the molecule is CNc1cc(C(=O)N(C)C(C)Cc2ccccn2)ccn1. The normalized spacial score (nSPS) is 11.8. The molecule has 0 aliphatic carbocycles. The number of carbonyl (C=O) groups excluding carboxylic acids is 1. The summed E-state index contributed by atoms with van der Waals surface area (Å²) < 4.78 is 0. The maximum Gasteiger partial charge on any atom is 0.254 e. The molecule has 1 atom stereocenters. The van der Waals surface area contributed by atoms with Crippen LogP contribution in [0.3, 0.4) is 0 Å². The number of pyridine rings is 2. The fourth-order valence-corrected chi connectivity index (χ4v) is 2.06. The van der Waals surface area contributed by atoms with E-state index in [0.717, 1.165) is 12.1 Å². The molecule has 21 heavy (non-hydrogen) atoms. The smallest absolute Gasteiger partial charge is 0.254 e. The lowest BCUT2D eigenvalue weighted by Gasteiger charge is -2.25. The lowest BCUT2D eigenvalue weighted by molar-refractivity contribution is 0.0743. The van der Waals surface area contributed by atoms with Crippen molar-refractivity contribution in [3.63, 3.8) is 0 Å². The summed E-state index contributed by atoms with van der Waals surface area (Å²) in [5.74, 6) is 0.670. The molecule has 1 unspecified atom stereocenters. The van der Waals surface area contributed by atoms with E-state index in [1.165, 1.54) is 0 Å². The number of amides is 1. The number of likely N-dealkylation sites (N-methyl/N-ethyl adjacent to an activating group) is 1. The molecule has 0 spiro atoms. The third-order valence-corrected chi connectivity index (χ3v) is 3.48. The Morgan fingerprint density at radius 3 is 2.76 bits per heavy atom.